The number of thioether (sulfide) groups is 1. The van der Waals surface area contributed by atoms with Crippen LogP contribution in [0.4, 0.5) is 0 Å². The first-order valence-electron chi connectivity index (χ1n) is 8.72. The molecule has 4 rings (SSSR count). The molecule has 1 aromatic carbocycles. The highest BCUT2D eigenvalue weighted by Crippen LogP contribution is 2.27. The van der Waals surface area contributed by atoms with Crippen LogP contribution in [0.5, 0.6) is 5.75 Å². The number of aromatic nitrogens is 6. The van der Waals surface area contributed by atoms with Crippen molar-refractivity contribution in [1.29, 1.82) is 0 Å². The van der Waals surface area contributed by atoms with Crippen LogP contribution < -0.4 is 4.74 Å². The highest BCUT2D eigenvalue weighted by atomic mass is 32.2. The van der Waals surface area contributed by atoms with Gasteiger partial charge in [0.15, 0.2) is 11.0 Å². The molecule has 0 atom stereocenters. The van der Waals surface area contributed by atoms with Crippen LogP contribution in [0.3, 0.4) is 0 Å². The summed E-state index contributed by atoms with van der Waals surface area (Å²) in [6.07, 6.45) is 3.49. The van der Waals surface area contributed by atoms with Gasteiger partial charge >= 0.3 is 0 Å². The van der Waals surface area contributed by atoms with Gasteiger partial charge in [0.25, 0.3) is 0 Å². The van der Waals surface area contributed by atoms with Crippen molar-refractivity contribution in [2.45, 2.75) is 24.4 Å². The topological polar surface area (TPSA) is 91.8 Å². The Morgan fingerprint density at radius 2 is 1.96 bits per heavy atom. The number of hydrogen-bond donors (Lipinski definition) is 0. The van der Waals surface area contributed by atoms with Crippen LogP contribution >= 0.6 is 11.8 Å². The van der Waals surface area contributed by atoms with Crippen molar-refractivity contribution >= 4 is 11.8 Å². The molecule has 0 aliphatic carbocycles. The summed E-state index contributed by atoms with van der Waals surface area (Å²) in [6.45, 7) is 2.82. The van der Waals surface area contributed by atoms with Gasteiger partial charge in [0, 0.05) is 30.1 Å². The standard InChI is InChI=1S/C19H18N6O2S/c1-3-25-18(13-7-9-20-10-8-13)22-23-19(25)28-12-16-21-17(24-27-16)14-5-4-6-15(11-14)26-2/h4-11H,3,12H2,1-2H3. The Balaban J connectivity index is 1.50. The smallest absolute Gasteiger partial charge is 0.237 e. The van der Waals surface area contributed by atoms with Crippen molar-refractivity contribution in [3.05, 3.63) is 54.7 Å². The lowest BCUT2D eigenvalue weighted by Crippen LogP contribution is -2.00. The predicted octanol–water partition coefficient (Wildman–Crippen LogP) is 3.71. The van der Waals surface area contributed by atoms with E-state index in [0.717, 1.165) is 34.4 Å². The number of rotatable bonds is 7. The van der Waals surface area contributed by atoms with E-state index in [2.05, 4.69) is 36.8 Å². The van der Waals surface area contributed by atoms with Gasteiger partial charge in [-0.1, -0.05) is 29.1 Å². The first-order chi connectivity index (χ1) is 13.8. The van der Waals surface area contributed by atoms with E-state index >= 15 is 0 Å². The minimum absolute atomic E-state index is 0.505. The number of ether oxygens (including phenoxy) is 1. The van der Waals surface area contributed by atoms with Crippen LogP contribution in [-0.2, 0) is 12.3 Å². The van der Waals surface area contributed by atoms with Gasteiger partial charge in [0.2, 0.25) is 11.7 Å². The molecule has 0 unspecified atom stereocenters. The van der Waals surface area contributed by atoms with E-state index in [1.165, 1.54) is 11.8 Å². The van der Waals surface area contributed by atoms with Gasteiger partial charge in [0.1, 0.15) is 5.75 Å². The van der Waals surface area contributed by atoms with Crippen molar-refractivity contribution in [2.75, 3.05) is 7.11 Å². The summed E-state index contributed by atoms with van der Waals surface area (Å²) in [4.78, 5) is 8.52. The Morgan fingerprint density at radius 3 is 2.75 bits per heavy atom. The molecule has 0 spiro atoms. The van der Waals surface area contributed by atoms with Gasteiger partial charge in [-0.25, -0.2) is 0 Å². The van der Waals surface area contributed by atoms with Gasteiger partial charge in [-0.2, -0.15) is 4.98 Å². The van der Waals surface area contributed by atoms with Crippen LogP contribution in [0, 0.1) is 0 Å². The highest BCUT2D eigenvalue weighted by molar-refractivity contribution is 7.98. The lowest BCUT2D eigenvalue weighted by Gasteiger charge is -2.06. The summed E-state index contributed by atoms with van der Waals surface area (Å²) in [6, 6.07) is 11.4. The molecule has 0 aliphatic heterocycles. The minimum atomic E-state index is 0.505. The Hall–Kier alpha value is -3.20. The SMILES string of the molecule is CCn1c(SCc2nc(-c3cccc(OC)c3)no2)nnc1-c1ccncc1. The van der Waals surface area contributed by atoms with Crippen LogP contribution in [0.15, 0.2) is 58.5 Å². The van der Waals surface area contributed by atoms with Crippen LogP contribution in [0.2, 0.25) is 0 Å². The van der Waals surface area contributed by atoms with E-state index in [9.17, 15) is 0 Å². The predicted molar refractivity (Wildman–Crippen MR) is 105 cm³/mol. The highest BCUT2D eigenvalue weighted by Gasteiger charge is 2.15. The van der Waals surface area contributed by atoms with E-state index in [1.807, 2.05) is 36.4 Å². The lowest BCUT2D eigenvalue weighted by atomic mass is 10.2. The van der Waals surface area contributed by atoms with E-state index in [4.69, 9.17) is 9.26 Å². The number of methoxy groups -OCH3 is 1. The summed E-state index contributed by atoms with van der Waals surface area (Å²) in [7, 11) is 1.63. The van der Waals surface area contributed by atoms with Crippen LogP contribution in [0.1, 0.15) is 12.8 Å². The second kappa shape index (κ2) is 8.22. The number of pyridine rings is 1. The normalized spacial score (nSPS) is 10.9. The average molecular weight is 394 g/mol. The van der Waals surface area contributed by atoms with Gasteiger partial charge in [-0.05, 0) is 31.2 Å². The fraction of sp³-hybridized carbons (Fsp3) is 0.211. The molecule has 4 aromatic rings. The summed E-state index contributed by atoms with van der Waals surface area (Å²) in [5, 5.41) is 13.5. The van der Waals surface area contributed by atoms with E-state index < -0.39 is 0 Å². The third-order valence-electron chi connectivity index (χ3n) is 4.09. The summed E-state index contributed by atoms with van der Waals surface area (Å²) in [5.74, 6) is 3.13. The quantitative estimate of drug-likeness (QED) is 0.438. The first kappa shape index (κ1) is 18.2. The zero-order valence-corrected chi connectivity index (χ0v) is 16.3. The maximum absolute atomic E-state index is 5.39. The molecule has 9 heteroatoms. The molecule has 0 saturated heterocycles. The fourth-order valence-electron chi connectivity index (χ4n) is 2.71. The van der Waals surface area contributed by atoms with Gasteiger partial charge in [-0.15, -0.1) is 10.2 Å². The molecule has 3 aromatic heterocycles. The van der Waals surface area contributed by atoms with Crippen molar-refractivity contribution in [3.63, 3.8) is 0 Å². The van der Waals surface area contributed by atoms with Crippen molar-refractivity contribution in [2.24, 2.45) is 0 Å². The molecular weight excluding hydrogens is 376 g/mol. The zero-order valence-electron chi connectivity index (χ0n) is 15.4. The van der Waals surface area contributed by atoms with E-state index in [1.54, 1.807) is 19.5 Å². The van der Waals surface area contributed by atoms with E-state index in [0.29, 0.717) is 17.5 Å². The first-order valence-corrected chi connectivity index (χ1v) is 9.70. The fourth-order valence-corrected chi connectivity index (χ4v) is 3.55. The lowest BCUT2D eigenvalue weighted by molar-refractivity contribution is 0.391. The number of benzene rings is 1. The molecule has 142 valence electrons. The molecule has 0 saturated carbocycles. The summed E-state index contributed by atoms with van der Waals surface area (Å²) >= 11 is 1.51. The summed E-state index contributed by atoms with van der Waals surface area (Å²) in [5.41, 5.74) is 1.82. The van der Waals surface area contributed by atoms with E-state index in [-0.39, 0.29) is 0 Å². The van der Waals surface area contributed by atoms with Crippen LogP contribution in [0.25, 0.3) is 22.8 Å². The second-order valence-corrected chi connectivity index (χ2v) is 6.76. The molecule has 0 N–H and O–H groups in total. The largest absolute Gasteiger partial charge is 0.497 e. The Kier molecular flexibility index (Phi) is 5.34. The Morgan fingerprint density at radius 1 is 1.11 bits per heavy atom. The maximum Gasteiger partial charge on any atom is 0.237 e. The molecule has 28 heavy (non-hydrogen) atoms. The summed E-state index contributed by atoms with van der Waals surface area (Å²) < 4.78 is 12.7. The molecule has 0 amide bonds. The molecule has 8 nitrogen and oxygen atoms in total. The Bertz CT molecular complexity index is 1060. The van der Waals surface area contributed by atoms with Gasteiger partial charge in [-0.3, -0.25) is 4.98 Å². The molecule has 0 radical (unpaired) electrons. The maximum atomic E-state index is 5.39. The zero-order chi connectivity index (χ0) is 19.3. The third-order valence-corrected chi connectivity index (χ3v) is 5.04. The van der Waals surface area contributed by atoms with Gasteiger partial charge in [0.05, 0.1) is 12.9 Å². The Labute approximate surface area is 166 Å². The third kappa shape index (κ3) is 3.74. The second-order valence-electron chi connectivity index (χ2n) is 5.82. The van der Waals surface area contributed by atoms with Crippen molar-refractivity contribution in [3.8, 4) is 28.5 Å². The molecule has 3 heterocycles. The van der Waals surface area contributed by atoms with Crippen molar-refractivity contribution < 1.29 is 9.26 Å². The molecule has 0 bridgehead atoms. The van der Waals surface area contributed by atoms with Crippen LogP contribution in [-0.4, -0.2) is 37.0 Å². The number of nitrogens with zero attached hydrogens (tertiary/aromatic N) is 6. The van der Waals surface area contributed by atoms with Crippen molar-refractivity contribution in [1.82, 2.24) is 29.9 Å². The molecule has 0 fully saturated rings. The minimum Gasteiger partial charge on any atom is -0.497 e. The molecular formula is C19H18N6O2S. The average Bonchev–Trinajstić information content (AvgIpc) is 3.39. The monoisotopic (exact) mass is 394 g/mol. The van der Waals surface area contributed by atoms with Gasteiger partial charge < -0.3 is 13.8 Å². The molecule has 0 aliphatic rings. The number of hydrogen-bond acceptors (Lipinski definition) is 8.